The Balaban J connectivity index is 1.88. The summed E-state index contributed by atoms with van der Waals surface area (Å²) in [4.78, 5) is 17.8. The van der Waals surface area contributed by atoms with Gasteiger partial charge in [-0.05, 0) is 49.9 Å². The minimum absolute atomic E-state index is 0.123. The number of hydrogen-bond acceptors (Lipinski definition) is 4. The number of carbonyl (C=O) groups is 1. The molecule has 2 N–H and O–H groups in total. The number of halogens is 2. The Hall–Kier alpha value is -2.44. The molecule has 1 aromatic heterocycles. The van der Waals surface area contributed by atoms with Crippen molar-refractivity contribution in [2.24, 2.45) is 11.7 Å². The Bertz CT molecular complexity index is 774. The highest BCUT2D eigenvalue weighted by molar-refractivity contribution is 5.93. The molecule has 1 aromatic carbocycles. The first-order valence-corrected chi connectivity index (χ1v) is 8.32. The quantitative estimate of drug-likeness (QED) is 0.900. The lowest BCUT2D eigenvalue weighted by atomic mass is 9.92. The largest absolute Gasteiger partial charge is 0.435 e. The highest BCUT2D eigenvalue weighted by Gasteiger charge is 2.22. The molecule has 0 atom stereocenters. The number of primary amides is 1. The Morgan fingerprint density at radius 2 is 2.08 bits per heavy atom. The predicted molar refractivity (Wildman–Crippen MR) is 91.9 cm³/mol. The first-order valence-electron chi connectivity index (χ1n) is 8.32. The van der Waals surface area contributed by atoms with Crippen molar-refractivity contribution in [1.29, 1.82) is 0 Å². The van der Waals surface area contributed by atoms with Crippen molar-refractivity contribution in [2.75, 3.05) is 18.0 Å². The minimum atomic E-state index is -2.86. The molecule has 3 rings (SSSR count). The molecule has 134 valence electrons. The molecule has 7 heteroatoms. The Morgan fingerprint density at radius 3 is 2.72 bits per heavy atom. The SMILES string of the molecule is Cc1cc(N2CCC(CC(N)=O)CC2)c2cc(OC(F)F)ccc2n1. The second-order valence-corrected chi connectivity index (χ2v) is 6.44. The van der Waals surface area contributed by atoms with E-state index in [4.69, 9.17) is 5.73 Å². The molecule has 25 heavy (non-hydrogen) atoms. The molecule has 0 saturated carbocycles. The zero-order chi connectivity index (χ0) is 18.0. The lowest BCUT2D eigenvalue weighted by Crippen LogP contribution is -2.35. The van der Waals surface area contributed by atoms with Crippen LogP contribution in [0.15, 0.2) is 24.3 Å². The van der Waals surface area contributed by atoms with Gasteiger partial charge in [0, 0.05) is 36.3 Å². The number of pyridine rings is 1. The molecule has 2 heterocycles. The monoisotopic (exact) mass is 349 g/mol. The Morgan fingerprint density at radius 1 is 1.36 bits per heavy atom. The number of alkyl halides is 2. The van der Waals surface area contributed by atoms with E-state index in [0.717, 1.165) is 48.2 Å². The third-order valence-corrected chi connectivity index (χ3v) is 4.56. The van der Waals surface area contributed by atoms with Gasteiger partial charge >= 0.3 is 6.61 Å². The van der Waals surface area contributed by atoms with Gasteiger partial charge in [0.2, 0.25) is 5.91 Å². The van der Waals surface area contributed by atoms with Crippen LogP contribution in [-0.4, -0.2) is 30.6 Å². The maximum Gasteiger partial charge on any atom is 0.387 e. The summed E-state index contributed by atoms with van der Waals surface area (Å²) in [5, 5.41) is 0.789. The van der Waals surface area contributed by atoms with Crippen LogP contribution in [0.5, 0.6) is 5.75 Å². The first kappa shape index (κ1) is 17.4. The van der Waals surface area contributed by atoms with Crippen LogP contribution in [0.1, 0.15) is 25.0 Å². The highest BCUT2D eigenvalue weighted by atomic mass is 19.3. The molecular weight excluding hydrogens is 328 g/mol. The fraction of sp³-hybridized carbons (Fsp3) is 0.444. The van der Waals surface area contributed by atoms with Crippen LogP contribution < -0.4 is 15.4 Å². The van der Waals surface area contributed by atoms with Gasteiger partial charge in [-0.25, -0.2) is 0 Å². The molecule has 1 fully saturated rings. The summed E-state index contributed by atoms with van der Waals surface area (Å²) in [6, 6.07) is 6.77. The maximum absolute atomic E-state index is 12.5. The lowest BCUT2D eigenvalue weighted by molar-refractivity contribution is -0.119. The van der Waals surface area contributed by atoms with E-state index in [2.05, 4.69) is 14.6 Å². The van der Waals surface area contributed by atoms with E-state index in [1.165, 1.54) is 6.07 Å². The molecule has 1 aliphatic rings. The van der Waals surface area contributed by atoms with Crippen LogP contribution in [0.4, 0.5) is 14.5 Å². The van der Waals surface area contributed by atoms with Crippen LogP contribution in [0, 0.1) is 12.8 Å². The van der Waals surface area contributed by atoms with Gasteiger partial charge < -0.3 is 15.4 Å². The van der Waals surface area contributed by atoms with Crippen LogP contribution in [0.3, 0.4) is 0 Å². The van der Waals surface area contributed by atoms with Crippen LogP contribution >= 0.6 is 0 Å². The minimum Gasteiger partial charge on any atom is -0.435 e. The van der Waals surface area contributed by atoms with Crippen molar-refractivity contribution in [3.8, 4) is 5.75 Å². The standard InChI is InChI=1S/C18H21F2N3O2/c1-11-8-16(23-6-4-12(5-7-23)9-17(21)24)14-10-13(25-18(19)20)2-3-15(14)22-11/h2-3,8,10,12,18H,4-7,9H2,1H3,(H2,21,24). The number of amides is 1. The summed E-state index contributed by atoms with van der Waals surface area (Å²) in [6.07, 6.45) is 2.16. The summed E-state index contributed by atoms with van der Waals surface area (Å²) in [6.45, 7) is 0.628. The summed E-state index contributed by atoms with van der Waals surface area (Å²) < 4.78 is 29.5. The van der Waals surface area contributed by atoms with Gasteiger partial charge in [0.25, 0.3) is 0 Å². The van der Waals surface area contributed by atoms with Crippen molar-refractivity contribution in [2.45, 2.75) is 32.8 Å². The number of nitrogens with two attached hydrogens (primary N) is 1. The van der Waals surface area contributed by atoms with Crippen molar-refractivity contribution >= 4 is 22.5 Å². The van der Waals surface area contributed by atoms with E-state index in [1.807, 2.05) is 13.0 Å². The summed E-state index contributed by atoms with van der Waals surface area (Å²) in [5.74, 6) is 0.163. The number of piperidine rings is 1. The predicted octanol–water partition coefficient (Wildman–Crippen LogP) is 3.24. The summed E-state index contributed by atoms with van der Waals surface area (Å²) in [7, 11) is 0. The molecule has 1 amide bonds. The van der Waals surface area contributed by atoms with E-state index in [-0.39, 0.29) is 11.7 Å². The first-order chi connectivity index (χ1) is 11.9. The van der Waals surface area contributed by atoms with Crippen molar-refractivity contribution < 1.29 is 18.3 Å². The van der Waals surface area contributed by atoms with Crippen molar-refractivity contribution in [3.63, 3.8) is 0 Å². The number of nitrogens with zero attached hydrogens (tertiary/aromatic N) is 2. The molecule has 1 saturated heterocycles. The molecule has 2 aromatic rings. The van der Waals surface area contributed by atoms with Gasteiger partial charge in [-0.3, -0.25) is 9.78 Å². The van der Waals surface area contributed by atoms with Crippen LogP contribution in [0.25, 0.3) is 10.9 Å². The zero-order valence-electron chi connectivity index (χ0n) is 14.0. The summed E-state index contributed by atoms with van der Waals surface area (Å²) >= 11 is 0. The molecule has 5 nitrogen and oxygen atoms in total. The number of ether oxygens (including phenoxy) is 1. The van der Waals surface area contributed by atoms with Crippen molar-refractivity contribution in [3.05, 3.63) is 30.0 Å². The normalized spacial score (nSPS) is 15.8. The third-order valence-electron chi connectivity index (χ3n) is 4.56. The topological polar surface area (TPSA) is 68.5 Å². The smallest absolute Gasteiger partial charge is 0.387 e. The number of carbonyl (C=O) groups excluding carboxylic acids is 1. The summed E-state index contributed by atoms with van der Waals surface area (Å²) in [5.41, 5.74) is 7.85. The third kappa shape index (κ3) is 4.15. The van der Waals surface area contributed by atoms with E-state index >= 15 is 0 Å². The van der Waals surface area contributed by atoms with Crippen LogP contribution in [-0.2, 0) is 4.79 Å². The number of fused-ring (bicyclic) bond motifs is 1. The number of aryl methyl sites for hydroxylation is 1. The van der Waals surface area contributed by atoms with Gasteiger partial charge in [0.15, 0.2) is 0 Å². The molecule has 1 aliphatic heterocycles. The average molecular weight is 349 g/mol. The number of aromatic nitrogens is 1. The maximum atomic E-state index is 12.5. The van der Waals surface area contributed by atoms with Gasteiger partial charge in [-0.2, -0.15) is 8.78 Å². The highest BCUT2D eigenvalue weighted by Crippen LogP contribution is 2.33. The number of hydrogen-bond donors (Lipinski definition) is 1. The zero-order valence-corrected chi connectivity index (χ0v) is 14.0. The molecule has 0 spiro atoms. The van der Waals surface area contributed by atoms with Crippen molar-refractivity contribution in [1.82, 2.24) is 4.98 Å². The second kappa shape index (κ2) is 7.21. The van der Waals surface area contributed by atoms with E-state index in [0.29, 0.717) is 12.3 Å². The lowest BCUT2D eigenvalue weighted by Gasteiger charge is -2.34. The molecule has 0 aliphatic carbocycles. The molecular formula is C18H21F2N3O2. The average Bonchev–Trinajstić information content (AvgIpc) is 2.54. The van der Waals surface area contributed by atoms with Gasteiger partial charge in [0.1, 0.15) is 5.75 Å². The fourth-order valence-corrected chi connectivity index (χ4v) is 3.42. The second-order valence-electron chi connectivity index (χ2n) is 6.44. The van der Waals surface area contributed by atoms with E-state index in [1.54, 1.807) is 12.1 Å². The molecule has 0 radical (unpaired) electrons. The van der Waals surface area contributed by atoms with E-state index < -0.39 is 6.61 Å². The molecule has 0 bridgehead atoms. The fourth-order valence-electron chi connectivity index (χ4n) is 3.42. The van der Waals surface area contributed by atoms with Crippen LogP contribution in [0.2, 0.25) is 0 Å². The van der Waals surface area contributed by atoms with E-state index in [9.17, 15) is 13.6 Å². The molecule has 0 unspecified atom stereocenters. The number of benzene rings is 1. The number of rotatable bonds is 5. The Labute approximate surface area is 144 Å². The Kier molecular flexibility index (Phi) is 5.01. The van der Waals surface area contributed by atoms with Gasteiger partial charge in [-0.15, -0.1) is 0 Å². The van der Waals surface area contributed by atoms with Gasteiger partial charge in [-0.1, -0.05) is 0 Å². The number of anilines is 1. The van der Waals surface area contributed by atoms with Gasteiger partial charge in [0.05, 0.1) is 5.52 Å².